The van der Waals surface area contributed by atoms with Crippen LogP contribution in [0.15, 0.2) is 18.2 Å². The Morgan fingerprint density at radius 3 is 2.74 bits per heavy atom. The van der Waals surface area contributed by atoms with Gasteiger partial charge < -0.3 is 15.4 Å². The summed E-state index contributed by atoms with van der Waals surface area (Å²) in [4.78, 5) is 2.47. The van der Waals surface area contributed by atoms with E-state index < -0.39 is 0 Å². The maximum Gasteiger partial charge on any atom is 0.144 e. The summed E-state index contributed by atoms with van der Waals surface area (Å²) < 4.78 is 5.79. The van der Waals surface area contributed by atoms with Crippen LogP contribution in [0.1, 0.15) is 40.5 Å². The molecule has 0 aliphatic carbocycles. The molecule has 106 valence electrons. The first-order valence-electron chi connectivity index (χ1n) is 7.32. The Morgan fingerprint density at radius 1 is 1.32 bits per heavy atom. The summed E-state index contributed by atoms with van der Waals surface area (Å²) in [6.45, 7) is 9.81. The second-order valence-corrected chi connectivity index (χ2v) is 5.94. The fraction of sp³-hybridized carbons (Fsp3) is 0.625. The van der Waals surface area contributed by atoms with Gasteiger partial charge in [-0.15, -0.1) is 0 Å². The summed E-state index contributed by atoms with van der Waals surface area (Å²) in [5.74, 6) is 1.54. The SMILES string of the molecule is CC(C)Oc1cc(N2CCCC(C)C2C)ccc1N. The molecule has 0 aromatic heterocycles. The minimum absolute atomic E-state index is 0.148. The third kappa shape index (κ3) is 3.14. The van der Waals surface area contributed by atoms with E-state index in [9.17, 15) is 0 Å². The first kappa shape index (κ1) is 14.0. The molecule has 2 unspecified atom stereocenters. The van der Waals surface area contributed by atoms with Gasteiger partial charge in [-0.05, 0) is 51.7 Å². The van der Waals surface area contributed by atoms with Gasteiger partial charge in [0.1, 0.15) is 5.75 Å². The molecule has 0 spiro atoms. The number of rotatable bonds is 3. The zero-order chi connectivity index (χ0) is 14.0. The highest BCUT2D eigenvalue weighted by molar-refractivity contribution is 5.63. The molecule has 0 radical (unpaired) electrons. The van der Waals surface area contributed by atoms with Crippen molar-refractivity contribution in [3.05, 3.63) is 18.2 Å². The lowest BCUT2D eigenvalue weighted by atomic mass is 9.91. The van der Waals surface area contributed by atoms with Crippen molar-refractivity contribution >= 4 is 11.4 Å². The van der Waals surface area contributed by atoms with Crippen molar-refractivity contribution in [1.29, 1.82) is 0 Å². The smallest absolute Gasteiger partial charge is 0.144 e. The highest BCUT2D eigenvalue weighted by atomic mass is 16.5. The average molecular weight is 262 g/mol. The lowest BCUT2D eigenvalue weighted by molar-refractivity contribution is 0.244. The molecule has 1 fully saturated rings. The number of hydrogen-bond acceptors (Lipinski definition) is 3. The summed E-state index contributed by atoms with van der Waals surface area (Å²) in [5, 5.41) is 0. The van der Waals surface area contributed by atoms with Crippen LogP contribution < -0.4 is 15.4 Å². The standard InChI is InChI=1S/C16H26N2O/c1-11(2)19-16-10-14(7-8-15(16)17)18-9-5-6-12(3)13(18)4/h7-8,10-13H,5-6,9,17H2,1-4H3. The monoisotopic (exact) mass is 262 g/mol. The van der Waals surface area contributed by atoms with Crippen molar-refractivity contribution in [1.82, 2.24) is 0 Å². The summed E-state index contributed by atoms with van der Waals surface area (Å²) in [6.07, 6.45) is 2.73. The number of nitrogen functional groups attached to an aromatic ring is 1. The van der Waals surface area contributed by atoms with Gasteiger partial charge >= 0.3 is 0 Å². The van der Waals surface area contributed by atoms with Crippen molar-refractivity contribution in [3.63, 3.8) is 0 Å². The number of hydrogen-bond donors (Lipinski definition) is 1. The van der Waals surface area contributed by atoms with E-state index in [0.717, 1.165) is 23.9 Å². The fourth-order valence-corrected chi connectivity index (χ4v) is 2.76. The molecule has 3 nitrogen and oxygen atoms in total. The van der Waals surface area contributed by atoms with Gasteiger partial charge in [0.15, 0.2) is 0 Å². The van der Waals surface area contributed by atoms with E-state index >= 15 is 0 Å². The van der Waals surface area contributed by atoms with Crippen molar-refractivity contribution < 1.29 is 4.74 Å². The minimum Gasteiger partial charge on any atom is -0.489 e. The third-order valence-corrected chi connectivity index (χ3v) is 4.07. The first-order chi connectivity index (χ1) is 8.99. The summed E-state index contributed by atoms with van der Waals surface area (Å²) >= 11 is 0. The lowest BCUT2D eigenvalue weighted by Gasteiger charge is -2.39. The van der Waals surface area contributed by atoms with Crippen LogP contribution in [0.3, 0.4) is 0 Å². The topological polar surface area (TPSA) is 38.5 Å². The molecule has 1 aromatic carbocycles. The molecule has 1 heterocycles. The van der Waals surface area contributed by atoms with Gasteiger partial charge in [-0.25, -0.2) is 0 Å². The van der Waals surface area contributed by atoms with E-state index in [1.54, 1.807) is 0 Å². The molecular weight excluding hydrogens is 236 g/mol. The number of nitrogens with two attached hydrogens (primary N) is 1. The largest absolute Gasteiger partial charge is 0.489 e. The second kappa shape index (κ2) is 5.72. The molecule has 0 saturated carbocycles. The molecule has 1 aliphatic rings. The van der Waals surface area contributed by atoms with E-state index in [-0.39, 0.29) is 6.10 Å². The molecule has 19 heavy (non-hydrogen) atoms. The quantitative estimate of drug-likeness (QED) is 0.844. The van der Waals surface area contributed by atoms with Crippen LogP contribution in [-0.4, -0.2) is 18.7 Å². The molecule has 1 aromatic rings. The number of ether oxygens (including phenoxy) is 1. The summed E-state index contributed by atoms with van der Waals surface area (Å²) in [6, 6.07) is 6.73. The predicted molar refractivity (Wildman–Crippen MR) is 81.8 cm³/mol. The van der Waals surface area contributed by atoms with E-state index in [2.05, 4.69) is 30.9 Å². The second-order valence-electron chi connectivity index (χ2n) is 5.94. The zero-order valence-corrected chi connectivity index (χ0v) is 12.5. The molecule has 2 rings (SSSR count). The Morgan fingerprint density at radius 2 is 2.05 bits per heavy atom. The maximum atomic E-state index is 5.99. The molecule has 0 bridgehead atoms. The molecule has 1 aliphatic heterocycles. The summed E-state index contributed by atoms with van der Waals surface area (Å²) in [5.41, 5.74) is 7.93. The van der Waals surface area contributed by atoms with E-state index in [1.165, 1.54) is 18.5 Å². The molecular formula is C16H26N2O. The van der Waals surface area contributed by atoms with Crippen molar-refractivity contribution in [3.8, 4) is 5.75 Å². The van der Waals surface area contributed by atoms with E-state index in [0.29, 0.717) is 6.04 Å². The van der Waals surface area contributed by atoms with Crippen LogP contribution in [0.2, 0.25) is 0 Å². The number of nitrogens with zero attached hydrogens (tertiary/aromatic N) is 1. The zero-order valence-electron chi connectivity index (χ0n) is 12.5. The van der Waals surface area contributed by atoms with Crippen molar-refractivity contribution in [2.45, 2.75) is 52.7 Å². The average Bonchev–Trinajstić information content (AvgIpc) is 2.35. The van der Waals surface area contributed by atoms with Crippen LogP contribution in [-0.2, 0) is 0 Å². The molecule has 0 amide bonds. The Hall–Kier alpha value is -1.38. The highest BCUT2D eigenvalue weighted by Gasteiger charge is 2.25. The molecule has 2 atom stereocenters. The Kier molecular flexibility index (Phi) is 4.23. The van der Waals surface area contributed by atoms with E-state index in [1.807, 2.05) is 19.9 Å². The van der Waals surface area contributed by atoms with Gasteiger partial charge in [0.05, 0.1) is 11.8 Å². The fourth-order valence-electron chi connectivity index (χ4n) is 2.76. The van der Waals surface area contributed by atoms with Crippen LogP contribution in [0, 0.1) is 5.92 Å². The number of benzene rings is 1. The minimum atomic E-state index is 0.148. The van der Waals surface area contributed by atoms with Gasteiger partial charge in [0.2, 0.25) is 0 Å². The third-order valence-electron chi connectivity index (χ3n) is 4.07. The van der Waals surface area contributed by atoms with Crippen molar-refractivity contribution in [2.24, 2.45) is 5.92 Å². The van der Waals surface area contributed by atoms with Gasteiger partial charge in [0.25, 0.3) is 0 Å². The molecule has 1 saturated heterocycles. The normalized spacial score (nSPS) is 23.7. The lowest BCUT2D eigenvalue weighted by Crippen LogP contribution is -2.42. The Balaban J connectivity index is 2.24. The van der Waals surface area contributed by atoms with Crippen molar-refractivity contribution in [2.75, 3.05) is 17.2 Å². The van der Waals surface area contributed by atoms with Gasteiger partial charge in [-0.3, -0.25) is 0 Å². The van der Waals surface area contributed by atoms with E-state index in [4.69, 9.17) is 10.5 Å². The Labute approximate surface area is 116 Å². The molecule has 3 heteroatoms. The maximum absolute atomic E-state index is 5.99. The van der Waals surface area contributed by atoms with Crippen LogP contribution in [0.25, 0.3) is 0 Å². The number of anilines is 2. The number of piperidine rings is 1. The predicted octanol–water partition coefficient (Wildman–Crippen LogP) is 3.68. The Bertz CT molecular complexity index is 431. The summed E-state index contributed by atoms with van der Waals surface area (Å²) in [7, 11) is 0. The highest BCUT2D eigenvalue weighted by Crippen LogP contribution is 2.33. The van der Waals surface area contributed by atoms with Gasteiger partial charge in [0, 0.05) is 24.3 Å². The molecule has 2 N–H and O–H groups in total. The van der Waals surface area contributed by atoms with Crippen LogP contribution in [0.4, 0.5) is 11.4 Å². The van der Waals surface area contributed by atoms with Crippen LogP contribution in [0.5, 0.6) is 5.75 Å². The van der Waals surface area contributed by atoms with Gasteiger partial charge in [-0.1, -0.05) is 6.92 Å². The van der Waals surface area contributed by atoms with Gasteiger partial charge in [-0.2, -0.15) is 0 Å². The van der Waals surface area contributed by atoms with Crippen LogP contribution >= 0.6 is 0 Å². The first-order valence-corrected chi connectivity index (χ1v) is 7.32.